The van der Waals surface area contributed by atoms with Crippen molar-refractivity contribution >= 4 is 11.8 Å². The molecule has 2 N–H and O–H groups in total. The van der Waals surface area contributed by atoms with Crippen LogP contribution >= 0.6 is 0 Å². The topological polar surface area (TPSA) is 87.2 Å². The number of rotatable bonds is 4. The summed E-state index contributed by atoms with van der Waals surface area (Å²) in [5.74, 6) is -0.710. The summed E-state index contributed by atoms with van der Waals surface area (Å²) in [7, 11) is 0. The van der Waals surface area contributed by atoms with Gasteiger partial charge >= 0.3 is 0 Å². The smallest absolute Gasteiger partial charge is 0.254 e. The van der Waals surface area contributed by atoms with Crippen molar-refractivity contribution in [3.8, 4) is 6.07 Å². The lowest BCUT2D eigenvalue weighted by Gasteiger charge is -2.29. The number of hydrogen-bond donors (Lipinski definition) is 1. The predicted molar refractivity (Wildman–Crippen MR) is 89.6 cm³/mol. The third-order valence-electron chi connectivity index (χ3n) is 4.53. The molecule has 0 aromatic heterocycles. The Morgan fingerprint density at radius 3 is 2.83 bits per heavy atom. The van der Waals surface area contributed by atoms with E-state index in [1.165, 1.54) is 0 Å². The van der Waals surface area contributed by atoms with Gasteiger partial charge in [-0.3, -0.25) is 9.59 Å². The molecular formula is C19H19N3O2. The first-order valence-electron chi connectivity index (χ1n) is 8.09. The molecule has 1 unspecified atom stereocenters. The van der Waals surface area contributed by atoms with E-state index in [1.54, 1.807) is 17.0 Å². The first-order valence-corrected chi connectivity index (χ1v) is 8.09. The molecule has 1 aromatic rings. The third kappa shape index (κ3) is 3.09. The van der Waals surface area contributed by atoms with E-state index in [0.717, 1.165) is 36.8 Å². The van der Waals surface area contributed by atoms with Crippen molar-refractivity contribution in [2.45, 2.75) is 31.7 Å². The second kappa shape index (κ2) is 6.71. The van der Waals surface area contributed by atoms with Gasteiger partial charge in [0.15, 0.2) is 0 Å². The zero-order chi connectivity index (χ0) is 17.1. The first kappa shape index (κ1) is 16.0. The lowest BCUT2D eigenvalue weighted by atomic mass is 10.0. The van der Waals surface area contributed by atoms with Gasteiger partial charge in [0.25, 0.3) is 5.91 Å². The van der Waals surface area contributed by atoms with E-state index in [9.17, 15) is 9.59 Å². The fraction of sp³-hybridized carbons (Fsp3) is 0.316. The van der Waals surface area contributed by atoms with Gasteiger partial charge < -0.3 is 10.6 Å². The molecule has 0 bridgehead atoms. The Hall–Kier alpha value is -2.87. The Kier molecular flexibility index (Phi) is 4.48. The maximum absolute atomic E-state index is 12.9. The largest absolute Gasteiger partial charge is 0.368 e. The van der Waals surface area contributed by atoms with Crippen molar-refractivity contribution in [1.29, 1.82) is 5.26 Å². The molecule has 0 saturated carbocycles. The fourth-order valence-corrected chi connectivity index (χ4v) is 3.40. The summed E-state index contributed by atoms with van der Waals surface area (Å²) >= 11 is 0. The van der Waals surface area contributed by atoms with Crippen LogP contribution in [0.15, 0.2) is 42.0 Å². The minimum absolute atomic E-state index is 0.120. The van der Waals surface area contributed by atoms with Gasteiger partial charge in [0.1, 0.15) is 6.54 Å². The Morgan fingerprint density at radius 1 is 1.33 bits per heavy atom. The summed E-state index contributed by atoms with van der Waals surface area (Å²) < 4.78 is 0. The number of carbonyl (C=O) groups excluding carboxylic acids is 2. The molecule has 5 heteroatoms. The molecule has 0 spiro atoms. The standard InChI is InChI=1S/C19H19N3O2/c20-11-13-6-7-14-8-9-17(16(14)10-13)22(12-18(21)23)19(24)15-4-2-1-3-5-15/h2,4-7,10,17H,1,3,8-9,12H2,(H2,21,23). The van der Waals surface area contributed by atoms with Crippen molar-refractivity contribution in [3.05, 3.63) is 58.7 Å². The number of nitriles is 1. The number of benzene rings is 1. The number of primary amides is 1. The fourth-order valence-electron chi connectivity index (χ4n) is 3.40. The maximum atomic E-state index is 12.9. The van der Waals surface area contributed by atoms with E-state index in [2.05, 4.69) is 6.07 Å². The molecule has 1 aromatic carbocycles. The molecule has 0 radical (unpaired) electrons. The summed E-state index contributed by atoms with van der Waals surface area (Å²) in [6.45, 7) is -0.120. The number of amides is 2. The van der Waals surface area contributed by atoms with Gasteiger partial charge in [0.2, 0.25) is 5.91 Å². The second-order valence-corrected chi connectivity index (χ2v) is 6.12. The van der Waals surface area contributed by atoms with Gasteiger partial charge in [-0.05, 0) is 48.9 Å². The molecule has 5 nitrogen and oxygen atoms in total. The second-order valence-electron chi connectivity index (χ2n) is 6.12. The van der Waals surface area contributed by atoms with E-state index in [-0.39, 0.29) is 18.5 Å². The third-order valence-corrected chi connectivity index (χ3v) is 4.53. The molecule has 0 aliphatic heterocycles. The summed E-state index contributed by atoms with van der Waals surface area (Å²) in [5.41, 5.74) is 8.61. The Labute approximate surface area is 141 Å². The summed E-state index contributed by atoms with van der Waals surface area (Å²) in [5, 5.41) is 9.13. The van der Waals surface area contributed by atoms with E-state index >= 15 is 0 Å². The van der Waals surface area contributed by atoms with Crippen molar-refractivity contribution in [1.82, 2.24) is 4.90 Å². The molecule has 3 rings (SSSR count). The van der Waals surface area contributed by atoms with Crippen LogP contribution in [0.25, 0.3) is 0 Å². The zero-order valence-corrected chi connectivity index (χ0v) is 13.4. The van der Waals surface area contributed by atoms with Crippen LogP contribution in [0.4, 0.5) is 0 Å². The monoisotopic (exact) mass is 321 g/mol. The van der Waals surface area contributed by atoms with E-state index in [4.69, 9.17) is 11.0 Å². The first-order chi connectivity index (χ1) is 11.6. The number of nitrogens with zero attached hydrogens (tertiary/aromatic N) is 2. The zero-order valence-electron chi connectivity index (χ0n) is 13.4. The van der Waals surface area contributed by atoms with Crippen LogP contribution in [-0.4, -0.2) is 23.3 Å². The average Bonchev–Trinajstić information content (AvgIpc) is 3.02. The highest BCUT2D eigenvalue weighted by molar-refractivity contribution is 5.98. The highest BCUT2D eigenvalue weighted by atomic mass is 16.2. The van der Waals surface area contributed by atoms with Gasteiger partial charge in [-0.2, -0.15) is 5.26 Å². The van der Waals surface area contributed by atoms with E-state index in [1.807, 2.05) is 24.3 Å². The van der Waals surface area contributed by atoms with E-state index < -0.39 is 5.91 Å². The number of carbonyl (C=O) groups is 2. The highest BCUT2D eigenvalue weighted by Crippen LogP contribution is 2.37. The SMILES string of the molecule is N#Cc1ccc2c(c1)C(N(CC(N)=O)C(=O)C1=CCCC=C1)CC2. The lowest BCUT2D eigenvalue weighted by molar-refractivity contribution is -0.134. The number of allylic oxidation sites excluding steroid dienone is 2. The maximum Gasteiger partial charge on any atom is 0.254 e. The predicted octanol–water partition coefficient (Wildman–Crippen LogP) is 2.14. The van der Waals surface area contributed by atoms with Gasteiger partial charge in [-0.25, -0.2) is 0 Å². The Morgan fingerprint density at radius 2 is 2.17 bits per heavy atom. The molecule has 2 amide bonds. The van der Waals surface area contributed by atoms with Crippen LogP contribution < -0.4 is 5.73 Å². The number of nitrogens with two attached hydrogens (primary N) is 1. The summed E-state index contributed by atoms with van der Waals surface area (Å²) in [6.07, 6.45) is 8.97. The highest BCUT2D eigenvalue weighted by Gasteiger charge is 2.33. The van der Waals surface area contributed by atoms with Gasteiger partial charge in [0, 0.05) is 5.57 Å². The molecular weight excluding hydrogens is 302 g/mol. The lowest BCUT2D eigenvalue weighted by Crippen LogP contribution is -2.41. The van der Waals surface area contributed by atoms with Crippen LogP contribution in [0.2, 0.25) is 0 Å². The molecule has 0 heterocycles. The van der Waals surface area contributed by atoms with Crippen LogP contribution in [0.5, 0.6) is 0 Å². The Balaban J connectivity index is 1.95. The normalized spacial score (nSPS) is 18.5. The van der Waals surface area contributed by atoms with Crippen molar-refractivity contribution in [2.24, 2.45) is 5.73 Å². The number of aryl methyl sites for hydroxylation is 1. The summed E-state index contributed by atoms with van der Waals surface area (Å²) in [4.78, 5) is 26.0. The van der Waals surface area contributed by atoms with Crippen LogP contribution in [0.1, 0.15) is 42.0 Å². The van der Waals surface area contributed by atoms with Crippen LogP contribution in [-0.2, 0) is 16.0 Å². The quantitative estimate of drug-likeness (QED) is 0.921. The molecule has 2 aliphatic carbocycles. The molecule has 1 atom stereocenters. The molecule has 24 heavy (non-hydrogen) atoms. The number of fused-ring (bicyclic) bond motifs is 1. The average molecular weight is 321 g/mol. The summed E-state index contributed by atoms with van der Waals surface area (Å²) in [6, 6.07) is 7.45. The van der Waals surface area contributed by atoms with Crippen molar-refractivity contribution in [2.75, 3.05) is 6.54 Å². The van der Waals surface area contributed by atoms with Gasteiger partial charge in [0.05, 0.1) is 17.7 Å². The molecule has 0 saturated heterocycles. The van der Waals surface area contributed by atoms with Crippen LogP contribution in [0, 0.1) is 11.3 Å². The van der Waals surface area contributed by atoms with E-state index in [0.29, 0.717) is 11.1 Å². The minimum Gasteiger partial charge on any atom is -0.368 e. The van der Waals surface area contributed by atoms with Crippen molar-refractivity contribution < 1.29 is 9.59 Å². The molecule has 2 aliphatic rings. The van der Waals surface area contributed by atoms with Gasteiger partial charge in [-0.15, -0.1) is 0 Å². The Bertz CT molecular complexity index is 786. The van der Waals surface area contributed by atoms with Crippen LogP contribution in [0.3, 0.4) is 0 Å². The molecule has 0 fully saturated rings. The van der Waals surface area contributed by atoms with Gasteiger partial charge in [-0.1, -0.05) is 24.3 Å². The minimum atomic E-state index is -0.534. The van der Waals surface area contributed by atoms with Crippen molar-refractivity contribution in [3.63, 3.8) is 0 Å². The number of hydrogen-bond acceptors (Lipinski definition) is 3. The molecule has 122 valence electrons.